The number of aryl methyl sites for hydroxylation is 1. The van der Waals surface area contributed by atoms with Gasteiger partial charge in [-0.25, -0.2) is 0 Å². The first-order chi connectivity index (χ1) is 19.3. The van der Waals surface area contributed by atoms with Crippen LogP contribution < -0.4 is 4.74 Å². The SMILES string of the molecule is CC(=O)OC[C@H]1S[C@@H](Oc2cc(C)ccc2Cc2ccc([N+](=O)[O-])cc2)[C@H](OC(C)=O)[C@@H](OC(C)=O)[C@@H]1OC(C)=O. The molecule has 1 saturated heterocycles. The van der Waals surface area contributed by atoms with Gasteiger partial charge in [0.25, 0.3) is 5.69 Å². The highest BCUT2D eigenvalue weighted by atomic mass is 32.2. The van der Waals surface area contributed by atoms with Crippen LogP contribution in [0.15, 0.2) is 42.5 Å². The second-order valence-electron chi connectivity index (χ2n) is 9.40. The minimum Gasteiger partial charge on any atom is -0.475 e. The highest BCUT2D eigenvalue weighted by Gasteiger charge is 2.53. The molecule has 1 heterocycles. The maximum Gasteiger partial charge on any atom is 0.303 e. The number of carbonyl (C=O) groups excluding carboxylic acids is 4. The number of thioether (sulfide) groups is 1. The van der Waals surface area contributed by atoms with Gasteiger partial charge in [-0.3, -0.25) is 29.3 Å². The van der Waals surface area contributed by atoms with Crippen LogP contribution in [0, 0.1) is 17.0 Å². The van der Waals surface area contributed by atoms with Crippen LogP contribution >= 0.6 is 11.8 Å². The van der Waals surface area contributed by atoms with E-state index in [1.165, 1.54) is 32.9 Å². The summed E-state index contributed by atoms with van der Waals surface area (Å²) in [5.74, 6) is -2.21. The van der Waals surface area contributed by atoms with Crippen molar-refractivity contribution < 1.29 is 47.8 Å². The van der Waals surface area contributed by atoms with Crippen molar-refractivity contribution in [1.29, 1.82) is 0 Å². The molecule has 0 amide bonds. The van der Waals surface area contributed by atoms with E-state index in [0.29, 0.717) is 12.2 Å². The van der Waals surface area contributed by atoms with E-state index in [4.69, 9.17) is 23.7 Å². The number of rotatable bonds is 10. The van der Waals surface area contributed by atoms with Crippen LogP contribution in [0.3, 0.4) is 0 Å². The number of non-ortho nitro benzene ring substituents is 1. The first kappa shape index (κ1) is 31.4. The highest BCUT2D eigenvalue weighted by Crippen LogP contribution is 2.40. The predicted octanol–water partition coefficient (Wildman–Crippen LogP) is 3.67. The standard InChI is InChI=1S/C28H31NO11S/c1-15-6-9-21(13-20-7-10-22(11-8-20)29(34)35)23(12-15)40-28-27(39-19(5)33)26(38-18(4)32)25(37-17(3)31)24(41-28)14-36-16(2)30/h6-12,24-28H,13-14H2,1-5H3/t24-,25-,26+,27-,28-/m1/s1. The average Bonchev–Trinajstić information content (AvgIpc) is 2.87. The Bertz CT molecular complexity index is 1300. The molecule has 0 N–H and O–H groups in total. The molecule has 1 aliphatic heterocycles. The van der Waals surface area contributed by atoms with E-state index < -0.39 is 57.8 Å². The number of nitro benzene ring substituents is 1. The summed E-state index contributed by atoms with van der Waals surface area (Å²) in [7, 11) is 0. The molecule has 12 nitrogen and oxygen atoms in total. The number of carbonyl (C=O) groups is 4. The molecular weight excluding hydrogens is 558 g/mol. The van der Waals surface area contributed by atoms with Crippen molar-refractivity contribution in [3.63, 3.8) is 0 Å². The molecule has 41 heavy (non-hydrogen) atoms. The van der Waals surface area contributed by atoms with Crippen molar-refractivity contribution in [2.24, 2.45) is 0 Å². The third-order valence-corrected chi connectivity index (χ3v) is 7.34. The van der Waals surface area contributed by atoms with Crippen LogP contribution in [0.5, 0.6) is 5.75 Å². The largest absolute Gasteiger partial charge is 0.475 e. The average molecular weight is 590 g/mol. The molecule has 0 aromatic heterocycles. The summed E-state index contributed by atoms with van der Waals surface area (Å²) in [5.41, 5.74) is 1.37. The first-order valence-corrected chi connectivity index (χ1v) is 13.6. The Morgan fingerprint density at radius 1 is 0.829 bits per heavy atom. The number of esters is 4. The monoisotopic (exact) mass is 589 g/mol. The molecule has 2 aromatic rings. The topological polar surface area (TPSA) is 158 Å². The number of ether oxygens (including phenoxy) is 5. The quantitative estimate of drug-likeness (QED) is 0.172. The number of hydrogen-bond acceptors (Lipinski definition) is 12. The molecule has 13 heteroatoms. The normalized spacial score (nSPS) is 21.7. The molecule has 3 rings (SSSR count). The molecule has 0 unspecified atom stereocenters. The Hall–Kier alpha value is -4.13. The van der Waals surface area contributed by atoms with Crippen LogP contribution in [0.4, 0.5) is 5.69 Å². The van der Waals surface area contributed by atoms with Crippen molar-refractivity contribution in [3.8, 4) is 5.75 Å². The molecule has 220 valence electrons. The Kier molecular flexibility index (Phi) is 10.7. The summed E-state index contributed by atoms with van der Waals surface area (Å²) >= 11 is 1.11. The Balaban J connectivity index is 2.01. The van der Waals surface area contributed by atoms with Gasteiger partial charge in [-0.1, -0.05) is 24.3 Å². The van der Waals surface area contributed by atoms with Gasteiger partial charge in [0.15, 0.2) is 23.7 Å². The van der Waals surface area contributed by atoms with Gasteiger partial charge in [0.1, 0.15) is 12.4 Å². The summed E-state index contributed by atoms with van der Waals surface area (Å²) in [6, 6.07) is 11.6. The third-order valence-electron chi connectivity index (χ3n) is 5.96. The van der Waals surface area contributed by atoms with E-state index in [9.17, 15) is 29.3 Å². The van der Waals surface area contributed by atoms with Gasteiger partial charge >= 0.3 is 23.9 Å². The Labute approximate surface area is 240 Å². The molecule has 0 bridgehead atoms. The smallest absolute Gasteiger partial charge is 0.303 e. The molecule has 1 aliphatic rings. The lowest BCUT2D eigenvalue weighted by Gasteiger charge is -2.43. The molecule has 0 aliphatic carbocycles. The zero-order chi connectivity index (χ0) is 30.3. The molecular formula is C28H31NO11S. The summed E-state index contributed by atoms with van der Waals surface area (Å²) in [5, 5.41) is 10.3. The lowest BCUT2D eigenvalue weighted by atomic mass is 10.0. The number of hydrogen-bond donors (Lipinski definition) is 0. The van der Waals surface area contributed by atoms with Crippen LogP contribution in [0.1, 0.15) is 44.4 Å². The maximum absolute atomic E-state index is 12.2. The van der Waals surface area contributed by atoms with Crippen molar-refractivity contribution in [1.82, 2.24) is 0 Å². The molecule has 0 spiro atoms. The molecule has 2 aromatic carbocycles. The highest BCUT2D eigenvalue weighted by molar-refractivity contribution is 8.00. The Morgan fingerprint density at radius 2 is 1.41 bits per heavy atom. The van der Waals surface area contributed by atoms with E-state index >= 15 is 0 Å². The van der Waals surface area contributed by atoms with Crippen molar-refractivity contribution in [2.75, 3.05) is 6.61 Å². The van der Waals surface area contributed by atoms with Crippen LogP contribution in [-0.4, -0.2) is 64.4 Å². The third kappa shape index (κ3) is 8.93. The van der Waals surface area contributed by atoms with E-state index in [1.807, 2.05) is 19.1 Å². The van der Waals surface area contributed by atoms with Crippen molar-refractivity contribution in [2.45, 2.75) is 70.0 Å². The van der Waals surface area contributed by atoms with E-state index in [2.05, 4.69) is 0 Å². The number of nitro groups is 1. The second kappa shape index (κ2) is 14.0. The van der Waals surface area contributed by atoms with E-state index in [-0.39, 0.29) is 12.3 Å². The fourth-order valence-electron chi connectivity index (χ4n) is 4.28. The number of nitrogens with zero attached hydrogens (tertiary/aromatic N) is 1. The zero-order valence-corrected chi connectivity index (χ0v) is 24.0. The molecule has 0 saturated carbocycles. The summed E-state index contributed by atoms with van der Waals surface area (Å²) < 4.78 is 28.2. The van der Waals surface area contributed by atoms with Gasteiger partial charge in [-0.2, -0.15) is 0 Å². The summed E-state index contributed by atoms with van der Waals surface area (Å²) in [6.45, 7) is 6.42. The molecule has 1 fully saturated rings. The Morgan fingerprint density at radius 3 is 1.98 bits per heavy atom. The van der Waals surface area contributed by atoms with Crippen LogP contribution in [0.2, 0.25) is 0 Å². The predicted molar refractivity (Wildman–Crippen MR) is 146 cm³/mol. The fraction of sp³-hybridized carbons (Fsp3) is 0.429. The van der Waals surface area contributed by atoms with Gasteiger partial charge in [-0.15, -0.1) is 11.8 Å². The fourth-order valence-corrected chi connectivity index (χ4v) is 5.66. The van der Waals surface area contributed by atoms with Crippen molar-refractivity contribution >= 4 is 41.3 Å². The summed E-state index contributed by atoms with van der Waals surface area (Å²) in [6.07, 6.45) is -3.23. The first-order valence-electron chi connectivity index (χ1n) is 12.6. The molecule has 0 radical (unpaired) electrons. The zero-order valence-electron chi connectivity index (χ0n) is 23.2. The maximum atomic E-state index is 12.2. The van der Waals surface area contributed by atoms with Gasteiger partial charge in [0.2, 0.25) is 0 Å². The van der Waals surface area contributed by atoms with Gasteiger partial charge in [0.05, 0.1) is 10.2 Å². The lowest BCUT2D eigenvalue weighted by Crippen LogP contribution is -2.59. The lowest BCUT2D eigenvalue weighted by molar-refractivity contribution is -0.384. The van der Waals surface area contributed by atoms with E-state index in [0.717, 1.165) is 35.4 Å². The minimum atomic E-state index is -1.27. The summed E-state index contributed by atoms with van der Waals surface area (Å²) in [4.78, 5) is 58.4. The minimum absolute atomic E-state index is 0.0328. The molecule has 5 atom stereocenters. The van der Waals surface area contributed by atoms with Crippen LogP contribution in [-0.2, 0) is 44.5 Å². The van der Waals surface area contributed by atoms with Gasteiger partial charge in [-0.05, 0) is 29.7 Å². The van der Waals surface area contributed by atoms with Gasteiger partial charge < -0.3 is 23.7 Å². The van der Waals surface area contributed by atoms with Gasteiger partial charge in [0, 0.05) is 46.2 Å². The second-order valence-corrected chi connectivity index (χ2v) is 10.7. The van der Waals surface area contributed by atoms with E-state index in [1.54, 1.807) is 18.2 Å². The van der Waals surface area contributed by atoms with Crippen molar-refractivity contribution in [3.05, 3.63) is 69.3 Å². The number of benzene rings is 2. The van der Waals surface area contributed by atoms with Crippen LogP contribution in [0.25, 0.3) is 0 Å².